The first-order chi connectivity index (χ1) is 28.1. The van der Waals surface area contributed by atoms with E-state index in [0.717, 1.165) is 34.7 Å². The molecule has 1 atom stereocenters. The zero-order chi connectivity index (χ0) is 38.1. The molecule has 9 aromatic rings. The standard InChI is InChI=1S/C55H42N2/c1-37-23-32-54(56-45-18-6-3-7-19-45)51(33-37)52-36-44-35-42(27-30-47(44)50-31-26-40-15-8-9-21-49(40)55(50)52)41-16-12-17-43(34-41)48-20-10-11-22-53(48)57-46-28-24-39(25-29-46)38-13-4-2-5-14-38/h2-32,34-37,56-57H,33H2,1H3. The molecule has 0 amide bonds. The second kappa shape index (κ2) is 14.8. The average Bonchev–Trinajstić information content (AvgIpc) is 3.27. The fraction of sp³-hybridized carbons (Fsp3) is 0.0545. The Hall–Kier alpha value is -7.16. The summed E-state index contributed by atoms with van der Waals surface area (Å²) in [4.78, 5) is 0. The molecule has 0 heterocycles. The Kier molecular flexibility index (Phi) is 8.93. The van der Waals surface area contributed by atoms with E-state index >= 15 is 0 Å². The van der Waals surface area contributed by atoms with E-state index in [1.165, 1.54) is 71.3 Å². The maximum atomic E-state index is 3.79. The Morgan fingerprint density at radius 3 is 1.93 bits per heavy atom. The highest BCUT2D eigenvalue weighted by molar-refractivity contribution is 6.21. The Labute approximate surface area is 334 Å². The van der Waals surface area contributed by atoms with E-state index in [9.17, 15) is 0 Å². The van der Waals surface area contributed by atoms with Crippen LogP contribution in [0.2, 0.25) is 0 Å². The maximum absolute atomic E-state index is 3.79. The Bertz CT molecular complexity index is 2980. The summed E-state index contributed by atoms with van der Waals surface area (Å²) in [6.45, 7) is 2.32. The van der Waals surface area contributed by atoms with E-state index in [1.54, 1.807) is 0 Å². The van der Waals surface area contributed by atoms with E-state index in [4.69, 9.17) is 0 Å². The summed E-state index contributed by atoms with van der Waals surface area (Å²) in [6, 6.07) is 70.2. The number of benzene rings is 9. The number of para-hydroxylation sites is 2. The smallest absolute Gasteiger partial charge is 0.0463 e. The van der Waals surface area contributed by atoms with Crippen molar-refractivity contribution >= 4 is 55.0 Å². The van der Waals surface area contributed by atoms with Crippen LogP contribution in [-0.2, 0) is 0 Å². The average molecular weight is 731 g/mol. The molecule has 272 valence electrons. The molecule has 0 saturated heterocycles. The van der Waals surface area contributed by atoms with Gasteiger partial charge in [0.05, 0.1) is 0 Å². The van der Waals surface area contributed by atoms with Gasteiger partial charge in [-0.15, -0.1) is 0 Å². The molecule has 2 nitrogen and oxygen atoms in total. The van der Waals surface area contributed by atoms with Gasteiger partial charge in [0.25, 0.3) is 0 Å². The van der Waals surface area contributed by atoms with Crippen molar-refractivity contribution in [3.05, 3.63) is 218 Å². The molecule has 0 spiro atoms. The first-order valence-corrected chi connectivity index (χ1v) is 19.9. The summed E-state index contributed by atoms with van der Waals surface area (Å²) in [5, 5.41) is 15.2. The Balaban J connectivity index is 1.06. The number of fused-ring (bicyclic) bond motifs is 5. The summed E-state index contributed by atoms with van der Waals surface area (Å²) in [6.07, 6.45) is 5.57. The zero-order valence-corrected chi connectivity index (χ0v) is 31.9. The van der Waals surface area contributed by atoms with Gasteiger partial charge in [0.2, 0.25) is 0 Å². The first kappa shape index (κ1) is 34.3. The molecule has 1 unspecified atom stereocenters. The third-order valence-electron chi connectivity index (χ3n) is 11.4. The monoisotopic (exact) mass is 730 g/mol. The van der Waals surface area contributed by atoms with E-state index in [2.05, 4.69) is 224 Å². The van der Waals surface area contributed by atoms with Gasteiger partial charge in [-0.1, -0.05) is 159 Å². The molecular formula is C55H42N2. The van der Waals surface area contributed by atoms with Gasteiger partial charge in [0, 0.05) is 28.3 Å². The van der Waals surface area contributed by atoms with Crippen molar-refractivity contribution in [2.45, 2.75) is 13.3 Å². The van der Waals surface area contributed by atoms with Crippen LogP contribution >= 0.6 is 0 Å². The summed E-state index contributed by atoms with van der Waals surface area (Å²) in [7, 11) is 0. The summed E-state index contributed by atoms with van der Waals surface area (Å²) in [5.74, 6) is 0.433. The van der Waals surface area contributed by atoms with E-state index < -0.39 is 0 Å². The molecule has 0 saturated carbocycles. The lowest BCUT2D eigenvalue weighted by Gasteiger charge is -2.24. The largest absolute Gasteiger partial charge is 0.355 e. The lowest BCUT2D eigenvalue weighted by Crippen LogP contribution is -2.09. The van der Waals surface area contributed by atoms with E-state index in [-0.39, 0.29) is 0 Å². The molecule has 10 rings (SSSR count). The summed E-state index contributed by atoms with van der Waals surface area (Å²) < 4.78 is 0. The molecule has 0 bridgehead atoms. The van der Waals surface area contributed by atoms with Gasteiger partial charge in [-0.25, -0.2) is 0 Å². The van der Waals surface area contributed by atoms with Gasteiger partial charge < -0.3 is 10.6 Å². The minimum absolute atomic E-state index is 0.433. The highest BCUT2D eigenvalue weighted by Crippen LogP contribution is 2.43. The van der Waals surface area contributed by atoms with Crippen LogP contribution in [0.25, 0.3) is 71.3 Å². The van der Waals surface area contributed by atoms with Crippen LogP contribution in [-0.4, -0.2) is 0 Å². The van der Waals surface area contributed by atoms with Crippen molar-refractivity contribution in [2.24, 2.45) is 5.92 Å². The van der Waals surface area contributed by atoms with Gasteiger partial charge in [-0.3, -0.25) is 0 Å². The quantitative estimate of drug-likeness (QED) is 0.152. The van der Waals surface area contributed by atoms with Gasteiger partial charge in [-0.05, 0) is 138 Å². The van der Waals surface area contributed by atoms with Crippen molar-refractivity contribution in [1.29, 1.82) is 0 Å². The molecule has 1 aliphatic carbocycles. The lowest BCUT2D eigenvalue weighted by atomic mass is 9.83. The summed E-state index contributed by atoms with van der Waals surface area (Å²) in [5.41, 5.74) is 14.2. The lowest BCUT2D eigenvalue weighted by molar-refractivity contribution is 0.745. The third kappa shape index (κ3) is 6.77. The SMILES string of the molecule is CC1C=CC(Nc2ccccc2)=C(c2cc3cc(-c4cccc(-c5ccccc5Nc5ccc(-c6ccccc6)cc5)c4)ccc3c3ccc4ccccc4c23)C1. The van der Waals surface area contributed by atoms with Gasteiger partial charge >= 0.3 is 0 Å². The minimum Gasteiger partial charge on any atom is -0.355 e. The van der Waals surface area contributed by atoms with Crippen molar-refractivity contribution in [1.82, 2.24) is 0 Å². The molecule has 57 heavy (non-hydrogen) atoms. The number of allylic oxidation sites excluding steroid dienone is 3. The van der Waals surface area contributed by atoms with E-state index in [1.807, 2.05) is 0 Å². The predicted molar refractivity (Wildman–Crippen MR) is 245 cm³/mol. The van der Waals surface area contributed by atoms with Crippen LogP contribution in [0.1, 0.15) is 18.9 Å². The number of hydrogen-bond donors (Lipinski definition) is 2. The van der Waals surface area contributed by atoms with E-state index in [0.29, 0.717) is 5.92 Å². The highest BCUT2D eigenvalue weighted by Gasteiger charge is 2.21. The normalized spacial score (nSPS) is 14.0. The minimum atomic E-state index is 0.433. The summed E-state index contributed by atoms with van der Waals surface area (Å²) >= 11 is 0. The molecular weight excluding hydrogens is 689 g/mol. The van der Waals surface area contributed by atoms with Crippen molar-refractivity contribution in [3.63, 3.8) is 0 Å². The number of nitrogens with one attached hydrogen (secondary N) is 2. The fourth-order valence-electron chi connectivity index (χ4n) is 8.51. The topological polar surface area (TPSA) is 24.1 Å². The molecule has 2 heteroatoms. The predicted octanol–water partition coefficient (Wildman–Crippen LogP) is 15.3. The molecule has 9 aromatic carbocycles. The van der Waals surface area contributed by atoms with Crippen molar-refractivity contribution in [3.8, 4) is 33.4 Å². The van der Waals surface area contributed by atoms with Crippen molar-refractivity contribution < 1.29 is 0 Å². The van der Waals surface area contributed by atoms with Crippen molar-refractivity contribution in [2.75, 3.05) is 10.6 Å². The Morgan fingerprint density at radius 2 is 1.07 bits per heavy atom. The molecule has 0 fully saturated rings. The van der Waals surface area contributed by atoms with Crippen LogP contribution in [0.5, 0.6) is 0 Å². The molecule has 2 N–H and O–H groups in total. The molecule has 0 aliphatic heterocycles. The highest BCUT2D eigenvalue weighted by atomic mass is 14.9. The maximum Gasteiger partial charge on any atom is 0.0463 e. The zero-order valence-electron chi connectivity index (χ0n) is 31.9. The Morgan fingerprint density at radius 1 is 0.421 bits per heavy atom. The van der Waals surface area contributed by atoms with Crippen LogP contribution < -0.4 is 10.6 Å². The fourth-order valence-corrected chi connectivity index (χ4v) is 8.51. The number of hydrogen-bond acceptors (Lipinski definition) is 2. The molecule has 0 aromatic heterocycles. The number of anilines is 3. The van der Waals surface area contributed by atoms with Crippen LogP contribution in [0.4, 0.5) is 17.1 Å². The molecule has 0 radical (unpaired) electrons. The van der Waals surface area contributed by atoms with Gasteiger partial charge in [0.15, 0.2) is 0 Å². The third-order valence-corrected chi connectivity index (χ3v) is 11.4. The first-order valence-electron chi connectivity index (χ1n) is 19.9. The second-order valence-corrected chi connectivity index (χ2v) is 15.2. The van der Waals surface area contributed by atoms with Gasteiger partial charge in [-0.2, -0.15) is 0 Å². The van der Waals surface area contributed by atoms with Crippen LogP contribution in [0, 0.1) is 5.92 Å². The van der Waals surface area contributed by atoms with Crippen LogP contribution in [0.3, 0.4) is 0 Å². The molecule has 1 aliphatic rings. The van der Waals surface area contributed by atoms with Gasteiger partial charge in [0.1, 0.15) is 0 Å². The second-order valence-electron chi connectivity index (χ2n) is 15.2. The van der Waals surface area contributed by atoms with Crippen LogP contribution in [0.15, 0.2) is 212 Å². The number of rotatable bonds is 8.